The third-order valence-electron chi connectivity index (χ3n) is 2.74. The van der Waals surface area contributed by atoms with E-state index in [1.54, 1.807) is 0 Å². The van der Waals surface area contributed by atoms with E-state index in [0.717, 1.165) is 22.3 Å². The van der Waals surface area contributed by atoms with Crippen molar-refractivity contribution in [2.75, 3.05) is 6.61 Å². The van der Waals surface area contributed by atoms with Crippen LogP contribution in [-0.4, -0.2) is 21.9 Å². The molecule has 2 N–H and O–H groups in total. The van der Waals surface area contributed by atoms with Crippen molar-refractivity contribution < 1.29 is 4.74 Å². The van der Waals surface area contributed by atoms with Gasteiger partial charge in [0.05, 0.1) is 29.1 Å². The molecular weight excluding hydrogens is 270 g/mol. The van der Waals surface area contributed by atoms with Gasteiger partial charge in [-0.25, -0.2) is 0 Å². The second-order valence-corrected chi connectivity index (χ2v) is 5.26. The summed E-state index contributed by atoms with van der Waals surface area (Å²) in [6.07, 6.45) is 0.901. The molecule has 1 rings (SSSR count). The molecule has 0 radical (unpaired) electrons. The van der Waals surface area contributed by atoms with Crippen LogP contribution in [0.4, 0.5) is 0 Å². The van der Waals surface area contributed by atoms with Gasteiger partial charge in [0.1, 0.15) is 0 Å². The second-order valence-electron chi connectivity index (χ2n) is 4.47. The van der Waals surface area contributed by atoms with Crippen molar-refractivity contribution in [2.45, 2.75) is 39.3 Å². The zero-order valence-electron chi connectivity index (χ0n) is 10.4. The minimum Gasteiger partial charge on any atom is -0.373 e. The number of nitrogens with two attached hydrogens (primary N) is 1. The predicted molar refractivity (Wildman–Crippen MR) is 68.2 cm³/mol. The molecule has 4 nitrogen and oxygen atoms in total. The third-order valence-corrected chi connectivity index (χ3v) is 3.77. The third kappa shape index (κ3) is 3.30. The van der Waals surface area contributed by atoms with Gasteiger partial charge >= 0.3 is 0 Å². The van der Waals surface area contributed by atoms with Gasteiger partial charge in [-0.2, -0.15) is 5.10 Å². The highest BCUT2D eigenvalue weighted by molar-refractivity contribution is 9.10. The molecule has 1 heterocycles. The first-order valence-corrected chi connectivity index (χ1v) is 6.21. The van der Waals surface area contributed by atoms with Gasteiger partial charge < -0.3 is 10.5 Å². The summed E-state index contributed by atoms with van der Waals surface area (Å²) in [6.45, 7) is 7.11. The Bertz CT molecular complexity index is 360. The normalized spacial score (nSPS) is 15.1. The molecule has 0 bridgehead atoms. The smallest absolute Gasteiger partial charge is 0.0897 e. The fraction of sp³-hybridized carbons (Fsp3) is 0.727. The molecule has 1 atom stereocenters. The summed E-state index contributed by atoms with van der Waals surface area (Å²) >= 11 is 3.50. The number of rotatable bonds is 5. The molecule has 0 spiro atoms. The molecule has 0 saturated heterocycles. The number of ether oxygens (including phenoxy) is 1. The molecule has 0 fully saturated rings. The first kappa shape index (κ1) is 13.7. The minimum atomic E-state index is -0.250. The van der Waals surface area contributed by atoms with Gasteiger partial charge in [-0.3, -0.25) is 4.68 Å². The first-order chi connectivity index (χ1) is 7.37. The molecule has 0 aliphatic heterocycles. The molecule has 92 valence electrons. The van der Waals surface area contributed by atoms with Crippen molar-refractivity contribution in [2.24, 2.45) is 12.8 Å². The SMILES string of the molecule is CCC(C)(N)COCc1c(Br)c(C)nn1C. The average Bonchev–Trinajstić information content (AvgIpc) is 2.44. The highest BCUT2D eigenvalue weighted by Crippen LogP contribution is 2.21. The Hall–Kier alpha value is -0.390. The van der Waals surface area contributed by atoms with Crippen LogP contribution in [0.3, 0.4) is 0 Å². The van der Waals surface area contributed by atoms with Crippen LogP contribution in [-0.2, 0) is 18.4 Å². The summed E-state index contributed by atoms with van der Waals surface area (Å²) in [5, 5.41) is 4.30. The molecule has 0 aromatic carbocycles. The molecule has 1 aromatic rings. The van der Waals surface area contributed by atoms with E-state index in [2.05, 4.69) is 28.0 Å². The van der Waals surface area contributed by atoms with Crippen molar-refractivity contribution in [3.8, 4) is 0 Å². The second kappa shape index (κ2) is 5.29. The maximum atomic E-state index is 6.00. The van der Waals surface area contributed by atoms with E-state index in [0.29, 0.717) is 13.2 Å². The van der Waals surface area contributed by atoms with Gasteiger partial charge in [-0.05, 0) is 36.2 Å². The summed E-state index contributed by atoms with van der Waals surface area (Å²) in [7, 11) is 1.91. The lowest BCUT2D eigenvalue weighted by Gasteiger charge is -2.22. The Morgan fingerprint density at radius 3 is 2.62 bits per heavy atom. The van der Waals surface area contributed by atoms with E-state index in [9.17, 15) is 0 Å². The van der Waals surface area contributed by atoms with Gasteiger partial charge in [0.15, 0.2) is 0 Å². The van der Waals surface area contributed by atoms with Crippen molar-refractivity contribution in [1.29, 1.82) is 0 Å². The maximum Gasteiger partial charge on any atom is 0.0897 e. The zero-order valence-corrected chi connectivity index (χ0v) is 12.0. The van der Waals surface area contributed by atoms with Gasteiger partial charge in [-0.15, -0.1) is 0 Å². The van der Waals surface area contributed by atoms with Crippen molar-refractivity contribution >= 4 is 15.9 Å². The topological polar surface area (TPSA) is 53.1 Å². The summed E-state index contributed by atoms with van der Waals surface area (Å²) in [5.41, 5.74) is 7.78. The summed E-state index contributed by atoms with van der Waals surface area (Å²) in [5.74, 6) is 0. The largest absolute Gasteiger partial charge is 0.373 e. The van der Waals surface area contributed by atoms with Crippen LogP contribution in [0.1, 0.15) is 31.7 Å². The van der Waals surface area contributed by atoms with Crippen LogP contribution >= 0.6 is 15.9 Å². The zero-order chi connectivity index (χ0) is 12.3. The summed E-state index contributed by atoms with van der Waals surface area (Å²) in [6, 6.07) is 0. The highest BCUT2D eigenvalue weighted by Gasteiger charge is 2.17. The molecule has 0 saturated carbocycles. The molecule has 1 unspecified atom stereocenters. The lowest BCUT2D eigenvalue weighted by Crippen LogP contribution is -2.40. The number of halogens is 1. The van der Waals surface area contributed by atoms with Crippen LogP contribution in [0.25, 0.3) is 0 Å². The molecule has 16 heavy (non-hydrogen) atoms. The molecule has 5 heteroatoms. The maximum absolute atomic E-state index is 6.00. The fourth-order valence-corrected chi connectivity index (χ4v) is 1.77. The molecule has 0 aliphatic carbocycles. The average molecular weight is 290 g/mol. The van der Waals surface area contributed by atoms with E-state index in [1.807, 2.05) is 25.6 Å². The Kier molecular flexibility index (Phi) is 4.52. The van der Waals surface area contributed by atoms with Gasteiger partial charge in [0.2, 0.25) is 0 Å². The van der Waals surface area contributed by atoms with Gasteiger partial charge in [0, 0.05) is 12.6 Å². The van der Waals surface area contributed by atoms with Gasteiger partial charge in [-0.1, -0.05) is 6.92 Å². The first-order valence-electron chi connectivity index (χ1n) is 5.42. The summed E-state index contributed by atoms with van der Waals surface area (Å²) < 4.78 is 8.49. The van der Waals surface area contributed by atoms with Crippen molar-refractivity contribution in [3.63, 3.8) is 0 Å². The van der Waals surface area contributed by atoms with Crippen LogP contribution < -0.4 is 5.73 Å². The molecule has 0 aliphatic rings. The minimum absolute atomic E-state index is 0.250. The Labute approximate surface area is 105 Å². The number of nitrogens with zero attached hydrogens (tertiary/aromatic N) is 2. The van der Waals surface area contributed by atoms with Crippen LogP contribution in [0.2, 0.25) is 0 Å². The number of hydrogen-bond acceptors (Lipinski definition) is 3. The van der Waals surface area contributed by atoms with E-state index in [1.165, 1.54) is 0 Å². The highest BCUT2D eigenvalue weighted by atomic mass is 79.9. The Balaban J connectivity index is 2.55. The van der Waals surface area contributed by atoms with Crippen molar-refractivity contribution in [3.05, 3.63) is 15.9 Å². The van der Waals surface area contributed by atoms with E-state index in [4.69, 9.17) is 10.5 Å². The van der Waals surface area contributed by atoms with E-state index >= 15 is 0 Å². The lowest BCUT2D eigenvalue weighted by molar-refractivity contribution is 0.0736. The van der Waals surface area contributed by atoms with E-state index < -0.39 is 0 Å². The van der Waals surface area contributed by atoms with Crippen LogP contribution in [0.15, 0.2) is 4.47 Å². The standard InChI is InChI=1S/C11H20BrN3O/c1-5-11(3,13)7-16-6-9-10(12)8(2)14-15(9)4/h5-7,13H2,1-4H3. The van der Waals surface area contributed by atoms with E-state index in [-0.39, 0.29) is 5.54 Å². The quantitative estimate of drug-likeness (QED) is 0.904. The monoisotopic (exact) mass is 289 g/mol. The fourth-order valence-electron chi connectivity index (χ4n) is 1.32. The van der Waals surface area contributed by atoms with Gasteiger partial charge in [0.25, 0.3) is 0 Å². The van der Waals surface area contributed by atoms with Crippen molar-refractivity contribution in [1.82, 2.24) is 9.78 Å². The lowest BCUT2D eigenvalue weighted by atomic mass is 10.0. The summed E-state index contributed by atoms with van der Waals surface area (Å²) in [4.78, 5) is 0. The number of aryl methyl sites for hydroxylation is 2. The molecule has 0 amide bonds. The Morgan fingerprint density at radius 1 is 1.56 bits per heavy atom. The number of aromatic nitrogens is 2. The van der Waals surface area contributed by atoms with Crippen LogP contribution in [0.5, 0.6) is 0 Å². The predicted octanol–water partition coefficient (Wildman–Crippen LogP) is 2.14. The molecule has 1 aromatic heterocycles. The molecular formula is C11H20BrN3O. The Morgan fingerprint density at radius 2 is 2.19 bits per heavy atom. The van der Waals surface area contributed by atoms with Crippen LogP contribution in [0, 0.1) is 6.92 Å². The number of hydrogen-bond donors (Lipinski definition) is 1.